The summed E-state index contributed by atoms with van der Waals surface area (Å²) < 4.78 is 10.5. The minimum atomic E-state index is -0.441. The van der Waals surface area contributed by atoms with E-state index in [2.05, 4.69) is 11.4 Å². The molecule has 1 aliphatic rings. The standard InChI is InChI=1S/C23H21NO4S/c1-27-23(26)20-12-11-19(29-20)22(25)24-21(15-6-3-2-4-7-15)17-9-10-18-16(14-17)8-5-13-28-18/h2-4,6-7,9-12,14,21H,5,8,13H2,1H3,(H,24,25). The van der Waals surface area contributed by atoms with Crippen LogP contribution in [0.25, 0.3) is 0 Å². The summed E-state index contributed by atoms with van der Waals surface area (Å²) in [6.07, 6.45) is 1.95. The number of fused-ring (bicyclic) bond motifs is 1. The lowest BCUT2D eigenvalue weighted by Gasteiger charge is -2.23. The van der Waals surface area contributed by atoms with Gasteiger partial charge in [0.25, 0.3) is 5.91 Å². The number of esters is 1. The Hall–Kier alpha value is -3.12. The molecule has 1 aromatic heterocycles. The number of thiophene rings is 1. The van der Waals surface area contributed by atoms with Gasteiger partial charge in [0.05, 0.1) is 24.6 Å². The van der Waals surface area contributed by atoms with Crippen molar-refractivity contribution in [1.29, 1.82) is 0 Å². The highest BCUT2D eigenvalue weighted by Gasteiger charge is 2.22. The van der Waals surface area contributed by atoms with Crippen LogP contribution in [-0.4, -0.2) is 25.6 Å². The average Bonchev–Trinajstić information content (AvgIpc) is 3.27. The summed E-state index contributed by atoms with van der Waals surface area (Å²) in [6, 6.07) is 18.9. The van der Waals surface area contributed by atoms with Crippen LogP contribution in [0.4, 0.5) is 0 Å². The zero-order valence-corrected chi connectivity index (χ0v) is 16.8. The van der Waals surface area contributed by atoms with Gasteiger partial charge in [-0.25, -0.2) is 4.79 Å². The summed E-state index contributed by atoms with van der Waals surface area (Å²) in [5, 5.41) is 3.12. The van der Waals surface area contributed by atoms with Gasteiger partial charge in [0, 0.05) is 0 Å². The zero-order chi connectivity index (χ0) is 20.2. The first-order chi connectivity index (χ1) is 14.2. The van der Waals surface area contributed by atoms with E-state index in [1.165, 1.54) is 7.11 Å². The van der Waals surface area contributed by atoms with Gasteiger partial charge in [0.1, 0.15) is 10.6 Å². The number of aryl methyl sites for hydroxylation is 1. The molecule has 5 nitrogen and oxygen atoms in total. The quantitative estimate of drug-likeness (QED) is 0.638. The molecule has 3 aromatic rings. The van der Waals surface area contributed by atoms with Gasteiger partial charge in [-0.1, -0.05) is 36.4 Å². The van der Waals surface area contributed by atoms with Gasteiger partial charge in [-0.15, -0.1) is 11.3 Å². The van der Waals surface area contributed by atoms with Crippen LogP contribution in [0.15, 0.2) is 60.7 Å². The number of hydrogen-bond acceptors (Lipinski definition) is 5. The minimum absolute atomic E-state index is 0.229. The summed E-state index contributed by atoms with van der Waals surface area (Å²) in [5.41, 5.74) is 3.15. The highest BCUT2D eigenvalue weighted by atomic mass is 32.1. The summed E-state index contributed by atoms with van der Waals surface area (Å²) in [6.45, 7) is 0.742. The molecule has 1 aliphatic heterocycles. The topological polar surface area (TPSA) is 64.6 Å². The van der Waals surface area contributed by atoms with Crippen molar-refractivity contribution in [2.75, 3.05) is 13.7 Å². The molecule has 29 heavy (non-hydrogen) atoms. The molecule has 0 saturated carbocycles. The van der Waals surface area contributed by atoms with Crippen molar-refractivity contribution in [3.05, 3.63) is 87.1 Å². The van der Waals surface area contributed by atoms with E-state index in [-0.39, 0.29) is 11.9 Å². The fourth-order valence-corrected chi connectivity index (χ4v) is 4.26. The number of nitrogens with one attached hydrogen (secondary N) is 1. The Kier molecular flexibility index (Phi) is 5.62. The van der Waals surface area contributed by atoms with Crippen LogP contribution in [0.1, 0.15) is 48.5 Å². The van der Waals surface area contributed by atoms with Gasteiger partial charge < -0.3 is 14.8 Å². The molecular weight excluding hydrogens is 386 g/mol. The molecule has 0 aliphatic carbocycles. The second kappa shape index (κ2) is 8.49. The van der Waals surface area contributed by atoms with Crippen molar-refractivity contribution in [2.24, 2.45) is 0 Å². The SMILES string of the molecule is COC(=O)c1ccc(C(=O)NC(c2ccccc2)c2ccc3c(c2)CCCO3)s1. The zero-order valence-electron chi connectivity index (χ0n) is 16.0. The Bertz CT molecular complexity index is 1030. The normalized spacial score (nSPS) is 13.7. The van der Waals surface area contributed by atoms with Gasteiger partial charge in [0.15, 0.2) is 0 Å². The molecule has 2 heterocycles. The molecule has 0 spiro atoms. The third-order valence-electron chi connectivity index (χ3n) is 4.89. The van der Waals surface area contributed by atoms with E-state index in [4.69, 9.17) is 9.47 Å². The third kappa shape index (κ3) is 4.17. The molecule has 0 fully saturated rings. The van der Waals surface area contributed by atoms with Crippen molar-refractivity contribution >= 4 is 23.2 Å². The Morgan fingerprint density at radius 3 is 2.62 bits per heavy atom. The van der Waals surface area contributed by atoms with Crippen molar-refractivity contribution in [3.8, 4) is 5.75 Å². The van der Waals surface area contributed by atoms with Crippen LogP contribution in [0.3, 0.4) is 0 Å². The van der Waals surface area contributed by atoms with E-state index in [9.17, 15) is 9.59 Å². The molecule has 148 valence electrons. The first kappa shape index (κ1) is 19.2. The molecule has 1 N–H and O–H groups in total. The monoisotopic (exact) mass is 407 g/mol. The predicted molar refractivity (Wildman–Crippen MR) is 112 cm³/mol. The number of carbonyl (C=O) groups excluding carboxylic acids is 2. The predicted octanol–water partition coefficient (Wildman–Crippen LogP) is 4.38. The number of amides is 1. The Morgan fingerprint density at radius 1 is 1.03 bits per heavy atom. The lowest BCUT2D eigenvalue weighted by Crippen LogP contribution is -2.29. The van der Waals surface area contributed by atoms with Gasteiger partial charge in [-0.05, 0) is 53.8 Å². The maximum absolute atomic E-state index is 12.9. The van der Waals surface area contributed by atoms with E-state index >= 15 is 0 Å². The highest BCUT2D eigenvalue weighted by molar-refractivity contribution is 7.15. The molecule has 1 unspecified atom stereocenters. The molecule has 1 atom stereocenters. The minimum Gasteiger partial charge on any atom is -0.493 e. The van der Waals surface area contributed by atoms with E-state index in [1.807, 2.05) is 42.5 Å². The maximum atomic E-state index is 12.9. The molecule has 1 amide bonds. The Labute approximate surface area is 173 Å². The number of rotatable bonds is 5. The lowest BCUT2D eigenvalue weighted by atomic mass is 9.94. The molecule has 0 saturated heterocycles. The fraction of sp³-hybridized carbons (Fsp3) is 0.217. The maximum Gasteiger partial charge on any atom is 0.348 e. The number of ether oxygens (including phenoxy) is 2. The summed E-state index contributed by atoms with van der Waals surface area (Å²) in [4.78, 5) is 25.5. The largest absolute Gasteiger partial charge is 0.493 e. The van der Waals surface area contributed by atoms with Crippen molar-refractivity contribution < 1.29 is 19.1 Å². The summed E-state index contributed by atoms with van der Waals surface area (Å²) >= 11 is 1.12. The van der Waals surface area contributed by atoms with Crippen molar-refractivity contribution in [1.82, 2.24) is 5.32 Å². The van der Waals surface area contributed by atoms with E-state index in [0.29, 0.717) is 9.75 Å². The summed E-state index contributed by atoms with van der Waals surface area (Å²) in [5.74, 6) is 0.246. The van der Waals surface area contributed by atoms with E-state index in [0.717, 1.165) is 53.2 Å². The first-order valence-electron chi connectivity index (χ1n) is 9.45. The van der Waals surface area contributed by atoms with Crippen LogP contribution < -0.4 is 10.1 Å². The highest BCUT2D eigenvalue weighted by Crippen LogP contribution is 2.31. The molecular formula is C23H21NO4S. The van der Waals surface area contributed by atoms with E-state index in [1.54, 1.807) is 12.1 Å². The first-order valence-corrected chi connectivity index (χ1v) is 10.3. The van der Waals surface area contributed by atoms with Crippen LogP contribution >= 0.6 is 11.3 Å². The van der Waals surface area contributed by atoms with Crippen LogP contribution in [0.2, 0.25) is 0 Å². The van der Waals surface area contributed by atoms with Crippen molar-refractivity contribution in [3.63, 3.8) is 0 Å². The molecule has 4 rings (SSSR count). The van der Waals surface area contributed by atoms with Gasteiger partial charge in [-0.3, -0.25) is 4.79 Å². The summed E-state index contributed by atoms with van der Waals surface area (Å²) in [7, 11) is 1.33. The van der Waals surface area contributed by atoms with Gasteiger partial charge >= 0.3 is 5.97 Å². The van der Waals surface area contributed by atoms with Gasteiger partial charge in [0.2, 0.25) is 0 Å². The molecule has 2 aromatic carbocycles. The average molecular weight is 407 g/mol. The third-order valence-corrected chi connectivity index (χ3v) is 5.95. The van der Waals surface area contributed by atoms with Crippen LogP contribution in [0.5, 0.6) is 5.75 Å². The van der Waals surface area contributed by atoms with Crippen LogP contribution in [0, 0.1) is 0 Å². The lowest BCUT2D eigenvalue weighted by molar-refractivity contribution is 0.0606. The van der Waals surface area contributed by atoms with Crippen molar-refractivity contribution in [2.45, 2.75) is 18.9 Å². The molecule has 6 heteroatoms. The smallest absolute Gasteiger partial charge is 0.348 e. The second-order valence-corrected chi connectivity index (χ2v) is 7.88. The number of carbonyl (C=O) groups is 2. The Morgan fingerprint density at radius 2 is 1.83 bits per heavy atom. The number of methoxy groups -OCH3 is 1. The molecule has 0 bridgehead atoms. The van der Waals surface area contributed by atoms with Crippen LogP contribution in [-0.2, 0) is 11.2 Å². The van der Waals surface area contributed by atoms with Gasteiger partial charge in [-0.2, -0.15) is 0 Å². The second-order valence-electron chi connectivity index (χ2n) is 6.79. The van der Waals surface area contributed by atoms with E-state index < -0.39 is 5.97 Å². The number of benzene rings is 2. The molecule has 0 radical (unpaired) electrons. The number of hydrogen-bond donors (Lipinski definition) is 1. The fourth-order valence-electron chi connectivity index (χ4n) is 3.44. The Balaban J connectivity index is 1.64.